The zero-order valence-electron chi connectivity index (χ0n) is 15.4. The summed E-state index contributed by atoms with van der Waals surface area (Å²) < 4.78 is 2.17. The number of hydrogen-bond donors (Lipinski definition) is 1. The Balaban J connectivity index is 1.61. The number of aromatic nitrogens is 3. The van der Waals surface area contributed by atoms with E-state index < -0.39 is 5.25 Å². The third-order valence-electron chi connectivity index (χ3n) is 4.63. The molecule has 0 unspecified atom stereocenters. The van der Waals surface area contributed by atoms with Gasteiger partial charge < -0.3 is 9.88 Å². The smallest absolute Gasteiger partial charge is 0.242 e. The van der Waals surface area contributed by atoms with E-state index in [1.165, 1.54) is 11.8 Å². The fourth-order valence-corrected chi connectivity index (χ4v) is 4.19. The lowest BCUT2D eigenvalue weighted by Crippen LogP contribution is -2.19. The van der Waals surface area contributed by atoms with Gasteiger partial charge in [0.1, 0.15) is 11.1 Å². The van der Waals surface area contributed by atoms with Gasteiger partial charge in [-0.3, -0.25) is 4.79 Å². The molecule has 1 atom stereocenters. The Morgan fingerprint density at radius 2 is 1.78 bits per heavy atom. The predicted molar refractivity (Wildman–Crippen MR) is 108 cm³/mol. The predicted octanol–water partition coefficient (Wildman–Crippen LogP) is 4.70. The second-order valence-corrected chi connectivity index (χ2v) is 7.97. The number of rotatable bonds is 6. The third kappa shape index (κ3) is 4.06. The van der Waals surface area contributed by atoms with Crippen molar-refractivity contribution in [2.45, 2.75) is 43.1 Å². The standard InChI is InChI=1S/C21H22N4OS/c1-14-8-10-17(11-9-14)22-20(26)19(16-6-4-3-5-7-16)27-21-24-23-15(2)25(21)18-12-13-18/h3-11,18-19H,12-13H2,1-2H3,(H,22,26)/t19-/m0/s1. The summed E-state index contributed by atoms with van der Waals surface area (Å²) in [5.74, 6) is 0.851. The Morgan fingerprint density at radius 3 is 2.44 bits per heavy atom. The van der Waals surface area contributed by atoms with Crippen molar-refractivity contribution in [1.29, 1.82) is 0 Å². The molecule has 4 rings (SSSR count). The number of benzene rings is 2. The van der Waals surface area contributed by atoms with Gasteiger partial charge in [-0.25, -0.2) is 0 Å². The molecular formula is C21H22N4OS. The lowest BCUT2D eigenvalue weighted by atomic mass is 10.1. The normalized spacial score (nSPS) is 14.7. The van der Waals surface area contributed by atoms with Crippen LogP contribution in [0.2, 0.25) is 0 Å². The summed E-state index contributed by atoms with van der Waals surface area (Å²) in [7, 11) is 0. The van der Waals surface area contributed by atoms with Crippen LogP contribution in [-0.2, 0) is 4.79 Å². The first-order valence-corrected chi connectivity index (χ1v) is 10.0. The number of anilines is 1. The molecular weight excluding hydrogens is 356 g/mol. The highest BCUT2D eigenvalue weighted by molar-refractivity contribution is 8.00. The summed E-state index contributed by atoms with van der Waals surface area (Å²) >= 11 is 1.47. The average molecular weight is 379 g/mol. The molecule has 138 valence electrons. The summed E-state index contributed by atoms with van der Waals surface area (Å²) in [6.45, 7) is 4.00. The first-order chi connectivity index (χ1) is 13.1. The van der Waals surface area contributed by atoms with Crippen molar-refractivity contribution in [2.24, 2.45) is 0 Å². The number of nitrogens with one attached hydrogen (secondary N) is 1. The number of amides is 1. The lowest BCUT2D eigenvalue weighted by Gasteiger charge is -2.17. The number of hydrogen-bond acceptors (Lipinski definition) is 4. The minimum absolute atomic E-state index is 0.0574. The molecule has 2 aromatic carbocycles. The molecule has 0 spiro atoms. The Hall–Kier alpha value is -2.60. The maximum atomic E-state index is 13.1. The molecule has 27 heavy (non-hydrogen) atoms. The van der Waals surface area contributed by atoms with Gasteiger partial charge in [0.25, 0.3) is 0 Å². The molecule has 1 aromatic heterocycles. The second-order valence-electron chi connectivity index (χ2n) is 6.89. The van der Waals surface area contributed by atoms with E-state index in [2.05, 4.69) is 20.1 Å². The SMILES string of the molecule is Cc1ccc(NC(=O)[C@@H](Sc2nnc(C)n2C2CC2)c2ccccc2)cc1. The summed E-state index contributed by atoms with van der Waals surface area (Å²) in [4.78, 5) is 13.1. The average Bonchev–Trinajstić information content (AvgIpc) is 3.45. The van der Waals surface area contributed by atoms with Crippen LogP contribution in [0, 0.1) is 13.8 Å². The van der Waals surface area contributed by atoms with Crippen molar-refractivity contribution >= 4 is 23.4 Å². The quantitative estimate of drug-likeness (QED) is 0.632. The van der Waals surface area contributed by atoms with Gasteiger partial charge in [-0.05, 0) is 44.4 Å². The van der Waals surface area contributed by atoms with Crippen molar-refractivity contribution in [1.82, 2.24) is 14.8 Å². The van der Waals surface area contributed by atoms with Crippen LogP contribution >= 0.6 is 11.8 Å². The van der Waals surface area contributed by atoms with Crippen molar-refractivity contribution in [3.63, 3.8) is 0 Å². The van der Waals surface area contributed by atoms with Crippen molar-refractivity contribution in [3.8, 4) is 0 Å². The van der Waals surface area contributed by atoms with Gasteiger partial charge in [0, 0.05) is 11.7 Å². The third-order valence-corrected chi connectivity index (χ3v) is 5.84. The van der Waals surface area contributed by atoms with Crippen LogP contribution in [0.4, 0.5) is 5.69 Å². The van der Waals surface area contributed by atoms with Crippen molar-refractivity contribution < 1.29 is 4.79 Å². The van der Waals surface area contributed by atoms with Crippen LogP contribution < -0.4 is 5.32 Å². The maximum absolute atomic E-state index is 13.1. The second kappa shape index (κ2) is 7.56. The van der Waals surface area contributed by atoms with Gasteiger partial charge in [-0.1, -0.05) is 59.8 Å². The number of carbonyl (C=O) groups is 1. The minimum atomic E-state index is -0.395. The fourth-order valence-electron chi connectivity index (χ4n) is 3.03. The molecule has 1 amide bonds. The highest BCUT2D eigenvalue weighted by atomic mass is 32.2. The van der Waals surface area contributed by atoms with Crippen LogP contribution in [0.25, 0.3) is 0 Å². The Bertz CT molecular complexity index is 933. The zero-order valence-corrected chi connectivity index (χ0v) is 16.2. The van der Waals surface area contributed by atoms with Gasteiger partial charge in [-0.15, -0.1) is 10.2 Å². The van der Waals surface area contributed by atoms with Crippen molar-refractivity contribution in [3.05, 3.63) is 71.5 Å². The molecule has 1 fully saturated rings. The van der Waals surface area contributed by atoms with E-state index >= 15 is 0 Å². The maximum Gasteiger partial charge on any atom is 0.242 e. The summed E-state index contributed by atoms with van der Waals surface area (Å²) in [5.41, 5.74) is 2.91. The van der Waals surface area contributed by atoms with Crippen LogP contribution in [-0.4, -0.2) is 20.7 Å². The molecule has 1 aliphatic rings. The summed E-state index contributed by atoms with van der Waals surface area (Å²) in [6, 6.07) is 18.2. The molecule has 0 bridgehead atoms. The van der Waals surface area contributed by atoms with Crippen LogP contribution in [0.15, 0.2) is 59.8 Å². The molecule has 1 N–H and O–H groups in total. The van der Waals surface area contributed by atoms with E-state index in [-0.39, 0.29) is 5.91 Å². The van der Waals surface area contributed by atoms with Crippen molar-refractivity contribution in [2.75, 3.05) is 5.32 Å². The fraction of sp³-hybridized carbons (Fsp3) is 0.286. The molecule has 0 radical (unpaired) electrons. The highest BCUT2D eigenvalue weighted by Gasteiger charge is 2.31. The van der Waals surface area contributed by atoms with Gasteiger partial charge in [0.15, 0.2) is 5.16 Å². The molecule has 0 saturated heterocycles. The summed E-state index contributed by atoms with van der Waals surface area (Å²) in [5, 5.41) is 12.0. The molecule has 5 nitrogen and oxygen atoms in total. The van der Waals surface area contributed by atoms with E-state index in [0.29, 0.717) is 6.04 Å². The molecule has 0 aliphatic heterocycles. The van der Waals surface area contributed by atoms with Crippen LogP contribution in [0.1, 0.15) is 41.1 Å². The highest BCUT2D eigenvalue weighted by Crippen LogP contribution is 2.42. The zero-order chi connectivity index (χ0) is 18.8. The van der Waals surface area contributed by atoms with Gasteiger partial charge >= 0.3 is 0 Å². The van der Waals surface area contributed by atoms with Crippen LogP contribution in [0.3, 0.4) is 0 Å². The first-order valence-electron chi connectivity index (χ1n) is 9.12. The Kier molecular flexibility index (Phi) is 4.99. The Labute approximate surface area is 163 Å². The number of thioether (sulfide) groups is 1. The number of carbonyl (C=O) groups excluding carboxylic acids is 1. The summed E-state index contributed by atoms with van der Waals surface area (Å²) in [6.07, 6.45) is 2.30. The molecule has 1 heterocycles. The monoisotopic (exact) mass is 378 g/mol. The van der Waals surface area contributed by atoms with Gasteiger partial charge in [-0.2, -0.15) is 0 Å². The largest absolute Gasteiger partial charge is 0.325 e. The van der Waals surface area contributed by atoms with E-state index in [1.54, 1.807) is 0 Å². The molecule has 6 heteroatoms. The number of aryl methyl sites for hydroxylation is 2. The first kappa shape index (κ1) is 17.8. The van der Waals surface area contributed by atoms with E-state index in [0.717, 1.165) is 40.6 Å². The number of nitrogens with zero attached hydrogens (tertiary/aromatic N) is 3. The minimum Gasteiger partial charge on any atom is -0.325 e. The van der Waals surface area contributed by atoms with Crippen LogP contribution in [0.5, 0.6) is 0 Å². The molecule has 1 aliphatic carbocycles. The Morgan fingerprint density at radius 1 is 1.07 bits per heavy atom. The molecule has 3 aromatic rings. The topological polar surface area (TPSA) is 59.8 Å². The lowest BCUT2D eigenvalue weighted by molar-refractivity contribution is -0.115. The van der Waals surface area contributed by atoms with E-state index in [1.807, 2.05) is 68.4 Å². The van der Waals surface area contributed by atoms with E-state index in [4.69, 9.17) is 0 Å². The van der Waals surface area contributed by atoms with E-state index in [9.17, 15) is 4.79 Å². The van der Waals surface area contributed by atoms with Gasteiger partial charge in [0.05, 0.1) is 0 Å². The van der Waals surface area contributed by atoms with Gasteiger partial charge in [0.2, 0.25) is 5.91 Å². The molecule has 1 saturated carbocycles.